The Labute approximate surface area is 125 Å². The van der Waals surface area contributed by atoms with E-state index in [2.05, 4.69) is 43.1 Å². The van der Waals surface area contributed by atoms with Crippen LogP contribution in [0.3, 0.4) is 0 Å². The number of nitrogens with one attached hydrogen (secondary N) is 1. The predicted octanol–water partition coefficient (Wildman–Crippen LogP) is 4.60. The Kier molecular flexibility index (Phi) is 3.33. The molecule has 1 aliphatic carbocycles. The van der Waals surface area contributed by atoms with Crippen LogP contribution < -0.4 is 5.32 Å². The SMILES string of the molecule is C=C1C=C(Nc2ccc(C#N)c(CC)c2)c2ccccc21. The van der Waals surface area contributed by atoms with Crippen LogP contribution in [0.2, 0.25) is 0 Å². The largest absolute Gasteiger partial charge is 0.355 e. The van der Waals surface area contributed by atoms with Crippen molar-refractivity contribution in [2.75, 3.05) is 5.32 Å². The lowest BCUT2D eigenvalue weighted by atomic mass is 10.0. The maximum atomic E-state index is 9.10. The number of nitriles is 1. The Bertz CT molecular complexity index is 791. The quantitative estimate of drug-likeness (QED) is 0.886. The van der Waals surface area contributed by atoms with Gasteiger partial charge in [-0.3, -0.25) is 0 Å². The molecule has 0 unspecified atom stereocenters. The molecule has 1 aliphatic rings. The van der Waals surface area contributed by atoms with Gasteiger partial charge in [0.15, 0.2) is 0 Å². The number of allylic oxidation sites excluding steroid dienone is 2. The van der Waals surface area contributed by atoms with E-state index in [0.717, 1.165) is 34.5 Å². The van der Waals surface area contributed by atoms with Crippen LogP contribution in [-0.2, 0) is 6.42 Å². The molecule has 2 aromatic carbocycles. The highest BCUT2D eigenvalue weighted by molar-refractivity contribution is 5.98. The topological polar surface area (TPSA) is 35.8 Å². The molecule has 1 N–H and O–H groups in total. The van der Waals surface area contributed by atoms with E-state index < -0.39 is 0 Å². The molecule has 0 radical (unpaired) electrons. The molecule has 0 aromatic heterocycles. The van der Waals surface area contributed by atoms with Crippen molar-refractivity contribution in [2.45, 2.75) is 13.3 Å². The smallest absolute Gasteiger partial charge is 0.0994 e. The van der Waals surface area contributed by atoms with Gasteiger partial charge >= 0.3 is 0 Å². The zero-order valence-corrected chi connectivity index (χ0v) is 12.0. The van der Waals surface area contributed by atoms with Crippen LogP contribution in [0.4, 0.5) is 5.69 Å². The molecule has 0 aliphatic heterocycles. The van der Waals surface area contributed by atoms with Gasteiger partial charge in [-0.25, -0.2) is 0 Å². The van der Waals surface area contributed by atoms with Gasteiger partial charge in [0.25, 0.3) is 0 Å². The van der Waals surface area contributed by atoms with E-state index in [0.29, 0.717) is 0 Å². The van der Waals surface area contributed by atoms with Gasteiger partial charge in [-0.2, -0.15) is 5.26 Å². The summed E-state index contributed by atoms with van der Waals surface area (Å²) in [6.07, 6.45) is 2.91. The summed E-state index contributed by atoms with van der Waals surface area (Å²) < 4.78 is 0. The van der Waals surface area contributed by atoms with Gasteiger partial charge in [-0.1, -0.05) is 37.8 Å². The van der Waals surface area contributed by atoms with Crippen LogP contribution in [-0.4, -0.2) is 0 Å². The molecule has 0 amide bonds. The van der Waals surface area contributed by atoms with Crippen LogP contribution in [0.15, 0.2) is 55.1 Å². The zero-order chi connectivity index (χ0) is 14.8. The zero-order valence-electron chi connectivity index (χ0n) is 12.0. The molecule has 102 valence electrons. The summed E-state index contributed by atoms with van der Waals surface area (Å²) in [5.74, 6) is 0. The Morgan fingerprint density at radius 2 is 1.90 bits per heavy atom. The number of benzene rings is 2. The van der Waals surface area contributed by atoms with Crippen molar-refractivity contribution in [3.05, 3.63) is 77.4 Å². The first-order valence-electron chi connectivity index (χ1n) is 7.03. The number of aryl methyl sites for hydroxylation is 1. The van der Waals surface area contributed by atoms with Crippen molar-refractivity contribution in [1.29, 1.82) is 5.26 Å². The Balaban J connectivity index is 1.94. The fourth-order valence-electron chi connectivity index (χ4n) is 2.66. The molecular formula is C19H16N2. The second-order valence-electron chi connectivity index (χ2n) is 5.09. The number of anilines is 1. The lowest BCUT2D eigenvalue weighted by molar-refractivity contribution is 1.13. The Morgan fingerprint density at radius 3 is 2.62 bits per heavy atom. The number of nitrogens with zero attached hydrogens (tertiary/aromatic N) is 1. The van der Waals surface area contributed by atoms with Crippen LogP contribution in [0, 0.1) is 11.3 Å². The molecule has 2 nitrogen and oxygen atoms in total. The Hall–Kier alpha value is -2.79. The first-order valence-corrected chi connectivity index (χ1v) is 7.03. The first-order chi connectivity index (χ1) is 10.2. The molecule has 2 aromatic rings. The van der Waals surface area contributed by atoms with Gasteiger partial charge in [-0.15, -0.1) is 0 Å². The van der Waals surface area contributed by atoms with Gasteiger partial charge in [0, 0.05) is 16.9 Å². The summed E-state index contributed by atoms with van der Waals surface area (Å²) >= 11 is 0. The van der Waals surface area contributed by atoms with Gasteiger partial charge in [-0.05, 0) is 47.4 Å². The van der Waals surface area contributed by atoms with Crippen LogP contribution >= 0.6 is 0 Å². The van der Waals surface area contributed by atoms with Crippen molar-refractivity contribution < 1.29 is 0 Å². The van der Waals surface area contributed by atoms with E-state index in [9.17, 15) is 0 Å². The second kappa shape index (κ2) is 5.30. The van der Waals surface area contributed by atoms with Crippen molar-refractivity contribution in [3.63, 3.8) is 0 Å². The maximum absolute atomic E-state index is 9.10. The molecule has 2 heteroatoms. The lowest BCUT2D eigenvalue weighted by Crippen LogP contribution is -1.98. The molecule has 0 saturated carbocycles. The summed E-state index contributed by atoms with van der Waals surface area (Å²) in [5, 5.41) is 12.5. The predicted molar refractivity (Wildman–Crippen MR) is 87.6 cm³/mol. The van der Waals surface area contributed by atoms with E-state index in [1.807, 2.05) is 30.3 Å². The second-order valence-corrected chi connectivity index (χ2v) is 5.09. The molecule has 3 rings (SSSR count). The van der Waals surface area contributed by atoms with Crippen molar-refractivity contribution >= 4 is 17.0 Å². The monoisotopic (exact) mass is 272 g/mol. The normalized spacial score (nSPS) is 12.6. The van der Waals surface area contributed by atoms with Crippen molar-refractivity contribution in [2.24, 2.45) is 0 Å². The van der Waals surface area contributed by atoms with Gasteiger partial charge in [0.05, 0.1) is 11.6 Å². The average molecular weight is 272 g/mol. The molecule has 0 atom stereocenters. The number of rotatable bonds is 3. The van der Waals surface area contributed by atoms with Gasteiger partial charge < -0.3 is 5.32 Å². The minimum Gasteiger partial charge on any atom is -0.355 e. The standard InChI is InChI=1S/C19H16N2/c1-3-14-11-16(9-8-15(14)12-20)21-19-10-13(2)17-6-4-5-7-18(17)19/h4-11,21H,2-3H2,1H3. The highest BCUT2D eigenvalue weighted by Gasteiger charge is 2.16. The molecular weight excluding hydrogens is 256 g/mol. The average Bonchev–Trinajstić information content (AvgIpc) is 2.84. The number of hydrogen-bond donors (Lipinski definition) is 1. The summed E-state index contributed by atoms with van der Waals surface area (Å²) in [7, 11) is 0. The molecule has 0 fully saturated rings. The molecule has 0 spiro atoms. The van der Waals surface area contributed by atoms with Gasteiger partial charge in [0.1, 0.15) is 0 Å². The maximum Gasteiger partial charge on any atom is 0.0994 e. The summed E-state index contributed by atoms with van der Waals surface area (Å²) in [4.78, 5) is 0. The van der Waals surface area contributed by atoms with E-state index in [1.165, 1.54) is 11.1 Å². The van der Waals surface area contributed by atoms with E-state index in [1.54, 1.807) is 0 Å². The highest BCUT2D eigenvalue weighted by atomic mass is 14.9. The summed E-state index contributed by atoms with van der Waals surface area (Å²) in [6, 6.07) is 16.3. The first kappa shape index (κ1) is 13.2. The minimum absolute atomic E-state index is 0.744. The van der Waals surface area contributed by atoms with Crippen molar-refractivity contribution in [3.8, 4) is 6.07 Å². The Morgan fingerprint density at radius 1 is 1.14 bits per heavy atom. The third-order valence-corrected chi connectivity index (χ3v) is 3.77. The third kappa shape index (κ3) is 2.34. The third-order valence-electron chi connectivity index (χ3n) is 3.77. The van der Waals surface area contributed by atoms with Crippen molar-refractivity contribution in [1.82, 2.24) is 0 Å². The minimum atomic E-state index is 0.744. The van der Waals surface area contributed by atoms with E-state index >= 15 is 0 Å². The highest BCUT2D eigenvalue weighted by Crippen LogP contribution is 2.34. The number of hydrogen-bond acceptors (Lipinski definition) is 2. The van der Waals surface area contributed by atoms with E-state index in [4.69, 9.17) is 5.26 Å². The van der Waals surface area contributed by atoms with Crippen LogP contribution in [0.1, 0.15) is 29.2 Å². The van der Waals surface area contributed by atoms with Crippen LogP contribution in [0.25, 0.3) is 11.3 Å². The van der Waals surface area contributed by atoms with E-state index in [-0.39, 0.29) is 0 Å². The lowest BCUT2D eigenvalue weighted by Gasteiger charge is -2.11. The van der Waals surface area contributed by atoms with Gasteiger partial charge in [0.2, 0.25) is 0 Å². The fraction of sp³-hybridized carbons (Fsp3) is 0.105. The fourth-order valence-corrected chi connectivity index (χ4v) is 2.66. The number of fused-ring (bicyclic) bond motifs is 1. The summed E-state index contributed by atoms with van der Waals surface area (Å²) in [6.45, 7) is 6.15. The summed E-state index contributed by atoms with van der Waals surface area (Å²) in [5.41, 5.74) is 7.23. The van der Waals surface area contributed by atoms with Crippen LogP contribution in [0.5, 0.6) is 0 Å². The molecule has 21 heavy (non-hydrogen) atoms. The molecule has 0 heterocycles. The molecule has 0 saturated heterocycles. The molecule has 0 bridgehead atoms.